The van der Waals surface area contributed by atoms with Crippen molar-refractivity contribution in [2.45, 2.75) is 5.75 Å². The third-order valence-electron chi connectivity index (χ3n) is 1.61. The Labute approximate surface area is 82.2 Å². The highest BCUT2D eigenvalue weighted by Crippen LogP contribution is 2.26. The number of phenols is 1. The molecule has 1 aromatic carbocycles. The van der Waals surface area contributed by atoms with Gasteiger partial charge in [0.1, 0.15) is 0 Å². The van der Waals surface area contributed by atoms with Crippen LogP contribution < -0.4 is 9.88 Å². The second kappa shape index (κ2) is 3.85. The van der Waals surface area contributed by atoms with E-state index in [9.17, 15) is 13.5 Å². The van der Waals surface area contributed by atoms with E-state index < -0.39 is 10.0 Å². The average molecular weight is 217 g/mol. The third kappa shape index (κ3) is 2.90. The van der Waals surface area contributed by atoms with Gasteiger partial charge in [0.05, 0.1) is 12.9 Å². The molecule has 5 nitrogen and oxygen atoms in total. The molecular formula is C8H11NO4S. The molecule has 0 aliphatic rings. The van der Waals surface area contributed by atoms with Crippen LogP contribution in [0, 0.1) is 0 Å². The number of primary sulfonamides is 1. The lowest BCUT2D eigenvalue weighted by Crippen LogP contribution is -2.14. The lowest BCUT2D eigenvalue weighted by atomic mass is 10.2. The van der Waals surface area contributed by atoms with Gasteiger partial charge in [-0.25, -0.2) is 13.6 Å². The third-order valence-corrected chi connectivity index (χ3v) is 2.35. The van der Waals surface area contributed by atoms with Crippen molar-refractivity contribution in [3.05, 3.63) is 23.8 Å². The van der Waals surface area contributed by atoms with Crippen LogP contribution in [0.1, 0.15) is 5.56 Å². The minimum Gasteiger partial charge on any atom is -0.504 e. The summed E-state index contributed by atoms with van der Waals surface area (Å²) in [4.78, 5) is 0. The van der Waals surface area contributed by atoms with Gasteiger partial charge in [0, 0.05) is 0 Å². The summed E-state index contributed by atoms with van der Waals surface area (Å²) >= 11 is 0. The van der Waals surface area contributed by atoms with Gasteiger partial charge in [0.15, 0.2) is 11.5 Å². The maximum absolute atomic E-state index is 10.7. The minimum absolute atomic E-state index is 0.103. The highest BCUT2D eigenvalue weighted by atomic mass is 32.2. The predicted molar refractivity (Wildman–Crippen MR) is 51.5 cm³/mol. The molecular weight excluding hydrogens is 206 g/mol. The first kappa shape index (κ1) is 10.8. The fourth-order valence-electron chi connectivity index (χ4n) is 1.06. The van der Waals surface area contributed by atoms with Gasteiger partial charge in [-0.2, -0.15) is 0 Å². The summed E-state index contributed by atoms with van der Waals surface area (Å²) in [5.41, 5.74) is 0.422. The van der Waals surface area contributed by atoms with Gasteiger partial charge in [-0.1, -0.05) is 6.07 Å². The van der Waals surface area contributed by atoms with Crippen molar-refractivity contribution in [3.8, 4) is 11.5 Å². The molecule has 0 atom stereocenters. The molecule has 0 saturated heterocycles. The van der Waals surface area contributed by atoms with Gasteiger partial charge in [0.25, 0.3) is 0 Å². The zero-order valence-corrected chi connectivity index (χ0v) is 8.41. The molecule has 0 amide bonds. The first-order valence-electron chi connectivity index (χ1n) is 3.79. The molecule has 0 aliphatic carbocycles. The lowest BCUT2D eigenvalue weighted by molar-refractivity contribution is 0.373. The fourth-order valence-corrected chi connectivity index (χ4v) is 1.70. The molecule has 0 unspecified atom stereocenters. The summed E-state index contributed by atoms with van der Waals surface area (Å²) in [6, 6.07) is 4.32. The maximum Gasteiger partial charge on any atom is 0.213 e. The molecule has 1 rings (SSSR count). The van der Waals surface area contributed by atoms with E-state index in [1.165, 1.54) is 25.3 Å². The van der Waals surface area contributed by atoms with Crippen molar-refractivity contribution in [2.75, 3.05) is 7.11 Å². The number of aromatic hydroxyl groups is 1. The minimum atomic E-state index is -3.57. The molecule has 1 aromatic rings. The number of hydrogen-bond acceptors (Lipinski definition) is 4. The zero-order valence-electron chi connectivity index (χ0n) is 7.60. The number of nitrogens with two attached hydrogens (primary N) is 1. The summed E-state index contributed by atoms with van der Waals surface area (Å²) in [6.45, 7) is 0. The van der Waals surface area contributed by atoms with E-state index >= 15 is 0 Å². The van der Waals surface area contributed by atoms with Crippen LogP contribution in [0.25, 0.3) is 0 Å². The number of phenolic OH excluding ortho intramolecular Hbond substituents is 1. The summed E-state index contributed by atoms with van der Waals surface area (Å²) in [5, 5.41) is 14.2. The Morgan fingerprint density at radius 3 is 2.57 bits per heavy atom. The number of methoxy groups -OCH3 is 1. The molecule has 0 spiro atoms. The SMILES string of the molecule is COc1ccc(CS(N)(=O)=O)cc1O. The van der Waals surface area contributed by atoms with Crippen LogP contribution in [-0.4, -0.2) is 20.6 Å². The standard InChI is InChI=1S/C8H11NO4S/c1-13-8-3-2-6(4-7(8)10)5-14(9,11)12/h2-4,10H,5H2,1H3,(H2,9,11,12). The van der Waals surface area contributed by atoms with E-state index in [4.69, 9.17) is 9.88 Å². The first-order chi connectivity index (χ1) is 6.42. The van der Waals surface area contributed by atoms with Crippen molar-refractivity contribution in [1.82, 2.24) is 0 Å². The number of sulfonamides is 1. The maximum atomic E-state index is 10.7. The summed E-state index contributed by atoms with van der Waals surface area (Å²) < 4.78 is 26.3. The second-order valence-corrected chi connectivity index (χ2v) is 4.43. The number of benzene rings is 1. The number of rotatable bonds is 3. The van der Waals surface area contributed by atoms with Gasteiger partial charge in [0.2, 0.25) is 10.0 Å². The number of hydrogen-bond donors (Lipinski definition) is 2. The highest BCUT2D eigenvalue weighted by Gasteiger charge is 2.07. The Morgan fingerprint density at radius 2 is 2.14 bits per heavy atom. The molecule has 0 bridgehead atoms. The van der Waals surface area contributed by atoms with Crippen LogP contribution in [0.15, 0.2) is 18.2 Å². The number of ether oxygens (including phenoxy) is 1. The van der Waals surface area contributed by atoms with Gasteiger partial charge in [-0.15, -0.1) is 0 Å². The van der Waals surface area contributed by atoms with E-state index in [-0.39, 0.29) is 11.5 Å². The first-order valence-corrected chi connectivity index (χ1v) is 5.50. The Kier molecular flexibility index (Phi) is 2.97. The molecule has 0 radical (unpaired) electrons. The summed E-state index contributed by atoms with van der Waals surface area (Å²) in [7, 11) is -2.15. The highest BCUT2D eigenvalue weighted by molar-refractivity contribution is 7.88. The van der Waals surface area contributed by atoms with Gasteiger partial charge in [-0.3, -0.25) is 0 Å². The monoisotopic (exact) mass is 217 g/mol. The van der Waals surface area contributed by atoms with Crippen LogP contribution in [-0.2, 0) is 15.8 Å². The Bertz CT molecular complexity index is 427. The van der Waals surface area contributed by atoms with Crippen LogP contribution in [0.2, 0.25) is 0 Å². The van der Waals surface area contributed by atoms with Crippen LogP contribution >= 0.6 is 0 Å². The van der Waals surface area contributed by atoms with Crippen molar-refractivity contribution < 1.29 is 18.3 Å². The Balaban J connectivity index is 2.98. The molecule has 0 aliphatic heterocycles. The normalized spacial score (nSPS) is 11.3. The van der Waals surface area contributed by atoms with Gasteiger partial charge < -0.3 is 9.84 Å². The molecule has 6 heteroatoms. The summed E-state index contributed by atoms with van der Waals surface area (Å²) in [6.07, 6.45) is 0. The van der Waals surface area contributed by atoms with Crippen LogP contribution in [0.4, 0.5) is 0 Å². The quantitative estimate of drug-likeness (QED) is 0.756. The van der Waals surface area contributed by atoms with E-state index in [1.807, 2.05) is 0 Å². The Morgan fingerprint density at radius 1 is 1.50 bits per heavy atom. The average Bonchev–Trinajstić information content (AvgIpc) is 2.01. The van der Waals surface area contributed by atoms with Gasteiger partial charge >= 0.3 is 0 Å². The van der Waals surface area contributed by atoms with E-state index in [0.717, 1.165) is 0 Å². The van der Waals surface area contributed by atoms with Crippen LogP contribution in [0.5, 0.6) is 11.5 Å². The molecule has 0 aromatic heterocycles. The Hall–Kier alpha value is -1.27. The van der Waals surface area contributed by atoms with E-state index in [0.29, 0.717) is 11.3 Å². The van der Waals surface area contributed by atoms with Crippen molar-refractivity contribution in [2.24, 2.45) is 5.14 Å². The predicted octanol–water partition coefficient (Wildman–Crippen LogP) is 0.189. The van der Waals surface area contributed by atoms with Gasteiger partial charge in [-0.05, 0) is 17.7 Å². The molecule has 3 N–H and O–H groups in total. The van der Waals surface area contributed by atoms with E-state index in [2.05, 4.69) is 0 Å². The molecule has 14 heavy (non-hydrogen) atoms. The van der Waals surface area contributed by atoms with Crippen LogP contribution in [0.3, 0.4) is 0 Å². The zero-order chi connectivity index (χ0) is 10.8. The lowest BCUT2D eigenvalue weighted by Gasteiger charge is -2.04. The molecule has 78 valence electrons. The van der Waals surface area contributed by atoms with Crippen molar-refractivity contribution in [3.63, 3.8) is 0 Å². The fraction of sp³-hybridized carbons (Fsp3) is 0.250. The molecule has 0 heterocycles. The largest absolute Gasteiger partial charge is 0.504 e. The molecule has 0 fully saturated rings. The second-order valence-electron chi connectivity index (χ2n) is 2.81. The van der Waals surface area contributed by atoms with E-state index in [1.54, 1.807) is 0 Å². The summed E-state index contributed by atoms with van der Waals surface area (Å²) in [5.74, 6) is -0.110. The molecule has 0 saturated carbocycles. The smallest absolute Gasteiger partial charge is 0.213 e. The van der Waals surface area contributed by atoms with Crippen molar-refractivity contribution >= 4 is 10.0 Å². The topological polar surface area (TPSA) is 89.6 Å². The van der Waals surface area contributed by atoms with Crippen molar-refractivity contribution in [1.29, 1.82) is 0 Å².